The molecule has 3 nitrogen and oxygen atoms in total. The number of allylic oxidation sites excluding steroid dienone is 1. The van der Waals surface area contributed by atoms with Crippen molar-refractivity contribution in [1.29, 1.82) is 0 Å². The molecule has 0 saturated carbocycles. The van der Waals surface area contributed by atoms with Crippen LogP contribution in [-0.2, 0) is 14.3 Å². The average molecular weight is 418 g/mol. The quantitative estimate of drug-likeness (QED) is 0.237. The van der Waals surface area contributed by atoms with Crippen LogP contribution in [0.3, 0.4) is 0 Å². The maximum atomic E-state index is 12.2. The highest BCUT2D eigenvalue weighted by molar-refractivity contribution is 7.94. The van der Waals surface area contributed by atoms with Crippen LogP contribution >= 0.6 is 6.89 Å². The van der Waals surface area contributed by atoms with Gasteiger partial charge in [0.15, 0.2) is 0 Å². The third-order valence-electron chi connectivity index (χ3n) is 4.67. The number of carbonyl (C=O) groups excluding carboxylic acids is 1. The van der Waals surface area contributed by atoms with E-state index in [-0.39, 0.29) is 0 Å². The van der Waals surface area contributed by atoms with E-state index in [1.54, 1.807) is 6.92 Å². The van der Waals surface area contributed by atoms with Gasteiger partial charge in [0.05, 0.1) is 19.3 Å². The normalized spacial score (nSPS) is 11.6. The van der Waals surface area contributed by atoms with Crippen LogP contribution in [0.4, 0.5) is 0 Å². The Kier molecular flexibility index (Phi) is 7.70. The summed E-state index contributed by atoms with van der Waals surface area (Å²) in [5, 5.41) is 3.57. The van der Waals surface area contributed by atoms with Crippen molar-refractivity contribution in [3.8, 4) is 0 Å². The molecule has 0 aliphatic heterocycles. The standard InChI is InChI=1S/C26H27O3P/c1-3-28-22(20-26(27)29-4-2)21-30(23-14-8-5-9-15-23,24-16-10-6-11-17-24)25-18-12-7-13-19-25/h5-21H,3-4H2,1-2H3/b22-20+. The Morgan fingerprint density at radius 1 is 0.700 bits per heavy atom. The van der Waals surface area contributed by atoms with Crippen molar-refractivity contribution in [1.82, 2.24) is 0 Å². The molecule has 3 aromatic carbocycles. The van der Waals surface area contributed by atoms with Crippen molar-refractivity contribution < 1.29 is 14.3 Å². The summed E-state index contributed by atoms with van der Waals surface area (Å²) in [5.41, 5.74) is 0. The fourth-order valence-corrected chi connectivity index (χ4v) is 7.23. The lowest BCUT2D eigenvalue weighted by Crippen LogP contribution is -2.27. The Bertz CT molecular complexity index is 922. The van der Waals surface area contributed by atoms with E-state index in [1.165, 1.54) is 22.0 Å². The van der Waals surface area contributed by atoms with Gasteiger partial charge in [-0.05, 0) is 42.4 Å². The van der Waals surface area contributed by atoms with E-state index in [9.17, 15) is 4.79 Å². The monoisotopic (exact) mass is 418 g/mol. The molecule has 0 aromatic heterocycles. The van der Waals surface area contributed by atoms with Crippen LogP contribution in [-0.4, -0.2) is 25.0 Å². The summed E-state index contributed by atoms with van der Waals surface area (Å²) in [7, 11) is 0. The first-order valence-corrected chi connectivity index (χ1v) is 12.0. The summed E-state index contributed by atoms with van der Waals surface area (Å²) >= 11 is 0. The van der Waals surface area contributed by atoms with Crippen molar-refractivity contribution in [3.05, 3.63) is 103 Å². The highest BCUT2D eigenvalue weighted by atomic mass is 31.2. The molecule has 0 spiro atoms. The second-order valence-corrected chi connectivity index (χ2v) is 9.84. The van der Waals surface area contributed by atoms with Gasteiger partial charge >= 0.3 is 5.97 Å². The molecule has 0 amide bonds. The van der Waals surface area contributed by atoms with Crippen molar-refractivity contribution >= 4 is 34.6 Å². The van der Waals surface area contributed by atoms with Gasteiger partial charge in [-0.15, -0.1) is 0 Å². The predicted molar refractivity (Wildman–Crippen MR) is 128 cm³/mol. The van der Waals surface area contributed by atoms with Crippen LogP contribution in [0, 0.1) is 0 Å². The number of benzene rings is 3. The smallest absolute Gasteiger partial charge is 0.334 e. The number of carbonyl (C=O) groups is 1. The highest BCUT2D eigenvalue weighted by Crippen LogP contribution is 2.44. The lowest BCUT2D eigenvalue weighted by Gasteiger charge is -2.29. The van der Waals surface area contributed by atoms with E-state index in [1.807, 2.05) is 25.1 Å². The molecule has 0 unspecified atom stereocenters. The second kappa shape index (κ2) is 10.7. The zero-order valence-corrected chi connectivity index (χ0v) is 18.3. The van der Waals surface area contributed by atoms with Crippen molar-refractivity contribution in [2.45, 2.75) is 13.8 Å². The molecule has 0 atom stereocenters. The molecule has 3 aromatic rings. The van der Waals surface area contributed by atoms with Crippen LogP contribution < -0.4 is 15.9 Å². The molecule has 0 saturated heterocycles. The van der Waals surface area contributed by atoms with Gasteiger partial charge in [-0.3, -0.25) is 0 Å². The summed E-state index contributed by atoms with van der Waals surface area (Å²) in [6.07, 6.45) is 1.45. The predicted octanol–water partition coefficient (Wildman–Crippen LogP) is 4.27. The van der Waals surface area contributed by atoms with Gasteiger partial charge < -0.3 is 9.47 Å². The summed E-state index contributed by atoms with van der Waals surface area (Å²) in [4.78, 5) is 12.2. The van der Waals surface area contributed by atoms with Crippen LogP contribution in [0.5, 0.6) is 0 Å². The first kappa shape index (κ1) is 21.7. The van der Waals surface area contributed by atoms with Crippen molar-refractivity contribution in [2.75, 3.05) is 13.2 Å². The van der Waals surface area contributed by atoms with Gasteiger partial charge in [0, 0.05) is 0 Å². The van der Waals surface area contributed by atoms with Gasteiger partial charge in [-0.1, -0.05) is 91.0 Å². The molecular weight excluding hydrogens is 391 g/mol. The lowest BCUT2D eigenvalue weighted by atomic mass is 10.4. The first-order valence-electron chi connectivity index (χ1n) is 10.1. The molecule has 30 heavy (non-hydrogen) atoms. The largest absolute Gasteiger partial charge is 0.494 e. The van der Waals surface area contributed by atoms with E-state index in [0.29, 0.717) is 19.0 Å². The maximum Gasteiger partial charge on any atom is 0.334 e. The van der Waals surface area contributed by atoms with Gasteiger partial charge in [0.25, 0.3) is 0 Å². The minimum atomic E-state index is -2.24. The number of hydrogen-bond acceptors (Lipinski definition) is 3. The number of ether oxygens (including phenoxy) is 2. The number of rotatable bonds is 8. The van der Waals surface area contributed by atoms with E-state index >= 15 is 0 Å². The Hall–Kier alpha value is -3.03. The SMILES string of the molecule is CCOC(=O)/C=C(\C=P(c1ccccc1)(c1ccccc1)c1ccccc1)OCC. The summed E-state index contributed by atoms with van der Waals surface area (Å²) in [6, 6.07) is 31.3. The minimum Gasteiger partial charge on any atom is -0.494 e. The highest BCUT2D eigenvalue weighted by Gasteiger charge is 2.26. The zero-order chi connectivity index (χ0) is 21.2. The molecule has 0 aliphatic rings. The fraction of sp³-hybridized carbons (Fsp3) is 0.154. The summed E-state index contributed by atoms with van der Waals surface area (Å²) in [5.74, 6) is 2.26. The maximum absolute atomic E-state index is 12.2. The molecule has 0 heterocycles. The van der Waals surface area contributed by atoms with Crippen LogP contribution in [0.1, 0.15) is 13.8 Å². The third-order valence-corrected chi connectivity index (χ3v) is 8.65. The van der Waals surface area contributed by atoms with Gasteiger partial charge in [0.2, 0.25) is 0 Å². The van der Waals surface area contributed by atoms with E-state index in [2.05, 4.69) is 78.6 Å². The Morgan fingerprint density at radius 2 is 1.10 bits per heavy atom. The van der Waals surface area contributed by atoms with Gasteiger partial charge in [0.1, 0.15) is 5.76 Å². The molecule has 0 fully saturated rings. The molecule has 154 valence electrons. The number of hydrogen-bond donors (Lipinski definition) is 0. The molecule has 4 heteroatoms. The van der Waals surface area contributed by atoms with E-state index in [0.717, 1.165) is 0 Å². The van der Waals surface area contributed by atoms with Gasteiger partial charge in [-0.25, -0.2) is 4.79 Å². The van der Waals surface area contributed by atoms with Crippen LogP contribution in [0.25, 0.3) is 0 Å². The molecule has 3 rings (SSSR count). The third kappa shape index (κ3) is 4.93. The van der Waals surface area contributed by atoms with E-state index in [4.69, 9.17) is 9.47 Å². The summed E-state index contributed by atoms with van der Waals surface area (Å²) < 4.78 is 11.1. The first-order chi connectivity index (χ1) is 14.7. The molecule has 0 bridgehead atoms. The lowest BCUT2D eigenvalue weighted by molar-refractivity contribution is -0.137. The molecule has 0 radical (unpaired) electrons. The molecule has 0 N–H and O–H groups in total. The van der Waals surface area contributed by atoms with Crippen molar-refractivity contribution in [2.24, 2.45) is 0 Å². The zero-order valence-electron chi connectivity index (χ0n) is 17.4. The Labute approximate surface area is 179 Å². The van der Waals surface area contributed by atoms with E-state index < -0.39 is 12.9 Å². The Morgan fingerprint density at radius 3 is 1.47 bits per heavy atom. The molecule has 0 aliphatic carbocycles. The fourth-order valence-electron chi connectivity index (χ4n) is 3.43. The topological polar surface area (TPSA) is 35.5 Å². The minimum absolute atomic E-state index is 0.324. The van der Waals surface area contributed by atoms with Crippen LogP contribution in [0.2, 0.25) is 0 Å². The summed E-state index contributed by atoms with van der Waals surface area (Å²) in [6.45, 7) is 2.26. The van der Waals surface area contributed by atoms with Gasteiger partial charge in [-0.2, -0.15) is 0 Å². The average Bonchev–Trinajstić information content (AvgIpc) is 2.79. The molecular formula is C26H27O3P. The van der Waals surface area contributed by atoms with Crippen LogP contribution in [0.15, 0.2) is 103 Å². The number of esters is 1. The Balaban J connectivity index is 2.38. The van der Waals surface area contributed by atoms with Crippen molar-refractivity contribution in [3.63, 3.8) is 0 Å². The second-order valence-electron chi connectivity index (χ2n) is 6.59.